The van der Waals surface area contributed by atoms with Gasteiger partial charge in [0.05, 0.1) is 12.2 Å². The minimum absolute atomic E-state index is 0.0702. The summed E-state index contributed by atoms with van der Waals surface area (Å²) in [4.78, 5) is 55.3. The molecule has 9 nitrogen and oxygen atoms in total. The third-order valence-corrected chi connectivity index (χ3v) is 6.65. The molecule has 4 amide bonds. The number of nitrogens with one attached hydrogen (secondary N) is 1. The number of anilines is 1. The second kappa shape index (κ2) is 11.2. The van der Waals surface area contributed by atoms with Crippen LogP contribution >= 0.6 is 0 Å². The molecule has 36 heavy (non-hydrogen) atoms. The number of carbonyl (C=O) groups is 4. The minimum Gasteiger partial charge on any atom is -0.462 e. The van der Waals surface area contributed by atoms with E-state index in [1.807, 2.05) is 31.2 Å². The van der Waals surface area contributed by atoms with E-state index in [-0.39, 0.29) is 18.7 Å². The first-order valence-electron chi connectivity index (χ1n) is 12.3. The third-order valence-electron chi connectivity index (χ3n) is 6.65. The normalized spacial score (nSPS) is 16.8. The van der Waals surface area contributed by atoms with Crippen molar-refractivity contribution in [3.63, 3.8) is 0 Å². The molecule has 0 aliphatic carbocycles. The lowest BCUT2D eigenvalue weighted by atomic mass is 10.0. The summed E-state index contributed by atoms with van der Waals surface area (Å²) >= 11 is 0. The zero-order valence-corrected chi connectivity index (χ0v) is 20.7. The van der Waals surface area contributed by atoms with E-state index in [1.54, 1.807) is 45.9 Å². The van der Waals surface area contributed by atoms with E-state index in [9.17, 15) is 19.2 Å². The number of piperidine rings is 1. The van der Waals surface area contributed by atoms with Crippen LogP contribution < -0.4 is 5.32 Å². The lowest BCUT2D eigenvalue weighted by molar-refractivity contribution is -0.158. The number of hydrogen-bond acceptors (Lipinski definition) is 5. The Morgan fingerprint density at radius 2 is 1.69 bits per heavy atom. The van der Waals surface area contributed by atoms with Gasteiger partial charge in [0, 0.05) is 44.5 Å². The zero-order chi connectivity index (χ0) is 25.7. The van der Waals surface area contributed by atoms with Crippen molar-refractivity contribution in [3.05, 3.63) is 65.2 Å². The number of aryl methyl sites for hydroxylation is 1. The van der Waals surface area contributed by atoms with Gasteiger partial charge in [-0.2, -0.15) is 0 Å². The third kappa shape index (κ3) is 5.84. The summed E-state index contributed by atoms with van der Waals surface area (Å²) in [6.07, 6.45) is 1.21. The number of ether oxygens (including phenoxy) is 1. The molecule has 0 spiro atoms. The Balaban J connectivity index is 1.28. The van der Waals surface area contributed by atoms with Crippen molar-refractivity contribution in [2.45, 2.75) is 39.3 Å². The first-order valence-corrected chi connectivity index (χ1v) is 12.3. The molecule has 2 saturated heterocycles. The van der Waals surface area contributed by atoms with Crippen LogP contribution in [-0.4, -0.2) is 77.3 Å². The van der Waals surface area contributed by atoms with Crippen LogP contribution in [0.25, 0.3) is 0 Å². The Kier molecular flexibility index (Phi) is 7.87. The lowest BCUT2D eigenvalue weighted by Crippen LogP contribution is -2.59. The molecule has 0 saturated carbocycles. The van der Waals surface area contributed by atoms with Gasteiger partial charge in [0.2, 0.25) is 0 Å². The number of piperazine rings is 1. The van der Waals surface area contributed by atoms with Crippen molar-refractivity contribution >= 4 is 29.5 Å². The Morgan fingerprint density at radius 1 is 0.972 bits per heavy atom. The monoisotopic (exact) mass is 492 g/mol. The first-order chi connectivity index (χ1) is 17.4. The summed E-state index contributed by atoms with van der Waals surface area (Å²) in [5.41, 5.74) is 3.04. The molecular formula is C27H32N4O5. The number of benzene rings is 2. The van der Waals surface area contributed by atoms with Crippen LogP contribution in [0.3, 0.4) is 0 Å². The highest BCUT2D eigenvalue weighted by atomic mass is 16.5. The average Bonchev–Trinajstić information content (AvgIpc) is 2.88. The molecule has 0 atom stereocenters. The fourth-order valence-corrected chi connectivity index (χ4v) is 4.62. The number of rotatable bonds is 6. The van der Waals surface area contributed by atoms with E-state index in [2.05, 4.69) is 5.32 Å². The van der Waals surface area contributed by atoms with E-state index in [0.29, 0.717) is 56.8 Å². The molecule has 2 aromatic carbocycles. The van der Waals surface area contributed by atoms with Crippen molar-refractivity contribution < 1.29 is 23.9 Å². The molecule has 1 N–H and O–H groups in total. The number of esters is 1. The van der Waals surface area contributed by atoms with Gasteiger partial charge < -0.3 is 24.8 Å². The SMILES string of the molecule is CCOC(=O)c1cccc(NC(=O)N2CCC(N3CCN(Cc4ccc(C)cc4)C(=O)C3=O)CC2)c1. The average molecular weight is 493 g/mol. The Bertz CT molecular complexity index is 1130. The van der Waals surface area contributed by atoms with E-state index >= 15 is 0 Å². The molecule has 2 heterocycles. The Labute approximate surface area is 211 Å². The van der Waals surface area contributed by atoms with Crippen molar-refractivity contribution in [1.29, 1.82) is 0 Å². The van der Waals surface area contributed by atoms with Gasteiger partial charge in [-0.25, -0.2) is 9.59 Å². The smallest absolute Gasteiger partial charge is 0.338 e. The maximum absolute atomic E-state index is 12.9. The number of nitrogens with zero attached hydrogens (tertiary/aromatic N) is 3. The molecule has 2 aliphatic heterocycles. The van der Waals surface area contributed by atoms with Gasteiger partial charge in [-0.05, 0) is 50.5 Å². The quantitative estimate of drug-likeness (QED) is 0.494. The van der Waals surface area contributed by atoms with Crippen molar-refractivity contribution in [2.75, 3.05) is 38.1 Å². The largest absolute Gasteiger partial charge is 0.462 e. The maximum Gasteiger partial charge on any atom is 0.338 e. The van der Waals surface area contributed by atoms with Crippen molar-refractivity contribution in [1.82, 2.24) is 14.7 Å². The standard InChI is InChI=1S/C27H32N4O5/c1-3-36-26(34)21-5-4-6-22(17-21)28-27(35)29-13-11-23(12-14-29)31-16-15-30(24(32)25(31)33)18-20-9-7-19(2)8-10-20/h4-10,17,23H,3,11-16,18H2,1-2H3,(H,28,35). The Hall–Kier alpha value is -3.88. The summed E-state index contributed by atoms with van der Waals surface area (Å²) < 4.78 is 5.01. The molecule has 2 aromatic rings. The zero-order valence-electron chi connectivity index (χ0n) is 20.7. The first kappa shape index (κ1) is 25.2. The van der Waals surface area contributed by atoms with Gasteiger partial charge in [0.25, 0.3) is 0 Å². The molecule has 0 unspecified atom stereocenters. The summed E-state index contributed by atoms with van der Waals surface area (Å²) in [5, 5.41) is 2.83. The highest BCUT2D eigenvalue weighted by molar-refractivity contribution is 6.35. The van der Waals surface area contributed by atoms with Crippen LogP contribution in [0.4, 0.5) is 10.5 Å². The summed E-state index contributed by atoms with van der Waals surface area (Å²) in [6, 6.07) is 14.3. The second-order valence-corrected chi connectivity index (χ2v) is 9.16. The fraction of sp³-hybridized carbons (Fsp3) is 0.407. The highest BCUT2D eigenvalue weighted by Crippen LogP contribution is 2.22. The number of carbonyl (C=O) groups excluding carboxylic acids is 4. The predicted octanol–water partition coefficient (Wildman–Crippen LogP) is 3.04. The van der Waals surface area contributed by atoms with Crippen LogP contribution in [0.1, 0.15) is 41.3 Å². The van der Waals surface area contributed by atoms with Gasteiger partial charge in [0.1, 0.15) is 0 Å². The highest BCUT2D eigenvalue weighted by Gasteiger charge is 2.38. The number of urea groups is 1. The molecular weight excluding hydrogens is 460 g/mol. The van der Waals surface area contributed by atoms with Crippen LogP contribution in [0.15, 0.2) is 48.5 Å². The predicted molar refractivity (Wildman–Crippen MR) is 134 cm³/mol. The lowest BCUT2D eigenvalue weighted by Gasteiger charge is -2.42. The molecule has 2 fully saturated rings. The number of likely N-dealkylation sites (tertiary alicyclic amines) is 1. The molecule has 2 aliphatic rings. The van der Waals surface area contributed by atoms with Crippen LogP contribution in [0.5, 0.6) is 0 Å². The fourth-order valence-electron chi connectivity index (χ4n) is 4.62. The van der Waals surface area contributed by atoms with Gasteiger partial charge in [-0.3, -0.25) is 9.59 Å². The van der Waals surface area contributed by atoms with E-state index < -0.39 is 17.8 Å². The minimum atomic E-state index is -0.469. The van der Waals surface area contributed by atoms with Gasteiger partial charge in [0.15, 0.2) is 0 Å². The molecule has 0 radical (unpaired) electrons. The van der Waals surface area contributed by atoms with E-state index in [1.165, 1.54) is 0 Å². The molecule has 0 bridgehead atoms. The summed E-state index contributed by atoms with van der Waals surface area (Å²) in [7, 11) is 0. The van der Waals surface area contributed by atoms with Gasteiger partial charge in [-0.15, -0.1) is 0 Å². The topological polar surface area (TPSA) is 99.3 Å². The molecule has 0 aromatic heterocycles. The van der Waals surface area contributed by atoms with Crippen molar-refractivity contribution in [3.8, 4) is 0 Å². The number of amides is 4. The molecule has 9 heteroatoms. The van der Waals surface area contributed by atoms with Gasteiger partial charge in [-0.1, -0.05) is 35.9 Å². The van der Waals surface area contributed by atoms with Crippen LogP contribution in [0, 0.1) is 6.92 Å². The van der Waals surface area contributed by atoms with Gasteiger partial charge >= 0.3 is 23.8 Å². The Morgan fingerprint density at radius 3 is 2.39 bits per heavy atom. The maximum atomic E-state index is 12.9. The molecule has 190 valence electrons. The second-order valence-electron chi connectivity index (χ2n) is 9.16. The van der Waals surface area contributed by atoms with E-state index in [0.717, 1.165) is 11.1 Å². The van der Waals surface area contributed by atoms with Crippen LogP contribution in [-0.2, 0) is 20.9 Å². The van der Waals surface area contributed by atoms with E-state index in [4.69, 9.17) is 4.74 Å². The summed E-state index contributed by atoms with van der Waals surface area (Å²) in [5.74, 6) is -1.37. The van der Waals surface area contributed by atoms with Crippen LogP contribution in [0.2, 0.25) is 0 Å². The number of hydrogen-bond donors (Lipinski definition) is 1. The molecule has 4 rings (SSSR count). The summed E-state index contributed by atoms with van der Waals surface area (Å²) in [6.45, 7) is 6.38. The van der Waals surface area contributed by atoms with Crippen molar-refractivity contribution in [2.24, 2.45) is 0 Å².